The van der Waals surface area contributed by atoms with Crippen molar-refractivity contribution in [1.29, 1.82) is 0 Å². The Morgan fingerprint density at radius 1 is 0.365 bits per heavy atom. The van der Waals surface area contributed by atoms with Crippen LogP contribution >= 0.6 is 0 Å². The fourth-order valence-electron chi connectivity index (χ4n) is 9.02. The lowest BCUT2D eigenvalue weighted by molar-refractivity contribution is 0.658. The standard InChI is InChI=1S/C50H36N2/c1-49(2)40-25-14-13-24-39(40)47-42(49)27-16-28-43(47)50(36-21-10-5-11-22-36)41-26-15-12-23-37(41)38-30-29-35(31-44(38)50)46-32-45(33-17-6-3-7-18-33)51-48(52-46)34-19-8-4-9-20-34/h3-32H,1-2H3. The molecule has 1 aromatic heterocycles. The number of hydrogen-bond acceptors (Lipinski definition) is 2. The molecule has 2 nitrogen and oxygen atoms in total. The first-order valence-electron chi connectivity index (χ1n) is 18.1. The fourth-order valence-corrected chi connectivity index (χ4v) is 9.02. The van der Waals surface area contributed by atoms with E-state index < -0.39 is 5.41 Å². The molecule has 0 N–H and O–H groups in total. The summed E-state index contributed by atoms with van der Waals surface area (Å²) in [5.41, 5.74) is 17.3. The quantitative estimate of drug-likeness (QED) is 0.183. The molecule has 0 bridgehead atoms. The van der Waals surface area contributed by atoms with E-state index in [2.05, 4.69) is 172 Å². The monoisotopic (exact) mass is 664 g/mol. The second-order valence-corrected chi connectivity index (χ2v) is 14.5. The lowest BCUT2D eigenvalue weighted by Crippen LogP contribution is -2.29. The van der Waals surface area contributed by atoms with Crippen LogP contribution in [0.4, 0.5) is 0 Å². The van der Waals surface area contributed by atoms with E-state index in [1.54, 1.807) is 0 Å². The molecule has 2 aliphatic carbocycles. The van der Waals surface area contributed by atoms with Crippen LogP contribution in [-0.2, 0) is 10.8 Å². The third kappa shape index (κ3) is 4.37. The highest BCUT2D eigenvalue weighted by molar-refractivity contribution is 5.93. The Balaban J connectivity index is 1.29. The maximum Gasteiger partial charge on any atom is 0.160 e. The van der Waals surface area contributed by atoms with Crippen molar-refractivity contribution in [1.82, 2.24) is 9.97 Å². The van der Waals surface area contributed by atoms with E-state index in [1.807, 2.05) is 24.3 Å². The molecule has 52 heavy (non-hydrogen) atoms. The van der Waals surface area contributed by atoms with Gasteiger partial charge in [-0.1, -0.05) is 184 Å². The summed E-state index contributed by atoms with van der Waals surface area (Å²) in [5.74, 6) is 0.717. The van der Waals surface area contributed by atoms with Crippen molar-refractivity contribution in [3.8, 4) is 56.2 Å². The average molecular weight is 665 g/mol. The second kappa shape index (κ2) is 11.6. The lowest BCUT2D eigenvalue weighted by atomic mass is 9.65. The summed E-state index contributed by atoms with van der Waals surface area (Å²) < 4.78 is 0. The molecule has 7 aromatic carbocycles. The van der Waals surface area contributed by atoms with Crippen LogP contribution in [-0.4, -0.2) is 9.97 Å². The van der Waals surface area contributed by atoms with E-state index in [0.717, 1.165) is 33.9 Å². The Kier molecular flexibility index (Phi) is 6.78. The first-order valence-corrected chi connectivity index (χ1v) is 18.1. The highest BCUT2D eigenvalue weighted by Gasteiger charge is 2.49. The van der Waals surface area contributed by atoms with Crippen LogP contribution in [0.15, 0.2) is 182 Å². The summed E-state index contributed by atoms with van der Waals surface area (Å²) >= 11 is 0. The number of hydrogen-bond donors (Lipinski definition) is 0. The van der Waals surface area contributed by atoms with Gasteiger partial charge in [0.15, 0.2) is 5.82 Å². The van der Waals surface area contributed by atoms with Gasteiger partial charge in [0.1, 0.15) is 0 Å². The number of fused-ring (bicyclic) bond motifs is 6. The molecule has 246 valence electrons. The van der Waals surface area contributed by atoms with Crippen molar-refractivity contribution in [2.24, 2.45) is 0 Å². The predicted octanol–water partition coefficient (Wildman–Crippen LogP) is 12.1. The maximum atomic E-state index is 5.26. The molecule has 8 aromatic rings. The molecule has 0 fully saturated rings. The fraction of sp³-hybridized carbons (Fsp3) is 0.0800. The van der Waals surface area contributed by atoms with Gasteiger partial charge in [0, 0.05) is 22.1 Å². The van der Waals surface area contributed by atoms with E-state index in [-0.39, 0.29) is 5.41 Å². The van der Waals surface area contributed by atoms with Crippen molar-refractivity contribution >= 4 is 0 Å². The van der Waals surface area contributed by atoms with Gasteiger partial charge in [-0.05, 0) is 67.8 Å². The van der Waals surface area contributed by atoms with Crippen molar-refractivity contribution in [3.05, 3.63) is 215 Å². The van der Waals surface area contributed by atoms with Gasteiger partial charge in [0.2, 0.25) is 0 Å². The molecule has 0 spiro atoms. The Labute approximate surface area is 305 Å². The van der Waals surface area contributed by atoms with Crippen LogP contribution in [0.2, 0.25) is 0 Å². The van der Waals surface area contributed by atoms with Crippen molar-refractivity contribution in [2.75, 3.05) is 0 Å². The number of aromatic nitrogens is 2. The zero-order chi connectivity index (χ0) is 34.9. The summed E-state index contributed by atoms with van der Waals surface area (Å²) in [5, 5.41) is 0. The minimum absolute atomic E-state index is 0.120. The van der Waals surface area contributed by atoms with Crippen molar-refractivity contribution in [2.45, 2.75) is 24.7 Å². The third-order valence-corrected chi connectivity index (χ3v) is 11.4. The molecule has 2 aliphatic rings. The van der Waals surface area contributed by atoms with E-state index >= 15 is 0 Å². The molecule has 1 unspecified atom stereocenters. The normalized spacial score (nSPS) is 16.1. The molecular weight excluding hydrogens is 629 g/mol. The van der Waals surface area contributed by atoms with Gasteiger partial charge in [-0.2, -0.15) is 0 Å². The van der Waals surface area contributed by atoms with Gasteiger partial charge in [-0.15, -0.1) is 0 Å². The Bertz CT molecular complexity index is 2580. The molecule has 10 rings (SSSR count). The van der Waals surface area contributed by atoms with Gasteiger partial charge < -0.3 is 0 Å². The first-order chi connectivity index (χ1) is 25.5. The molecule has 0 aliphatic heterocycles. The zero-order valence-electron chi connectivity index (χ0n) is 29.2. The molecule has 0 amide bonds. The van der Waals surface area contributed by atoms with Crippen LogP contribution < -0.4 is 0 Å². The van der Waals surface area contributed by atoms with E-state index in [0.29, 0.717) is 0 Å². The number of benzene rings is 7. The largest absolute Gasteiger partial charge is 0.228 e. The van der Waals surface area contributed by atoms with E-state index in [4.69, 9.17) is 9.97 Å². The Morgan fingerprint density at radius 2 is 0.904 bits per heavy atom. The Morgan fingerprint density at radius 3 is 1.63 bits per heavy atom. The van der Waals surface area contributed by atoms with Crippen LogP contribution in [0.25, 0.3) is 56.2 Å². The predicted molar refractivity (Wildman–Crippen MR) is 213 cm³/mol. The SMILES string of the molecule is CC1(C)c2ccccc2-c2c1cccc2C1(c2ccccc2)c2ccccc2-c2ccc(-c3cc(-c4ccccc4)nc(-c4ccccc4)n3)cc21. The molecule has 0 radical (unpaired) electrons. The topological polar surface area (TPSA) is 25.8 Å². The summed E-state index contributed by atoms with van der Waals surface area (Å²) in [4.78, 5) is 10.4. The minimum Gasteiger partial charge on any atom is -0.228 e. The minimum atomic E-state index is -0.570. The summed E-state index contributed by atoms with van der Waals surface area (Å²) in [6, 6.07) is 66.0. The highest BCUT2D eigenvalue weighted by atomic mass is 14.9. The zero-order valence-corrected chi connectivity index (χ0v) is 29.2. The smallest absolute Gasteiger partial charge is 0.160 e. The molecule has 1 atom stereocenters. The van der Waals surface area contributed by atoms with Crippen LogP contribution in [0.1, 0.15) is 47.2 Å². The second-order valence-electron chi connectivity index (χ2n) is 14.5. The highest BCUT2D eigenvalue weighted by Crippen LogP contribution is 2.61. The van der Waals surface area contributed by atoms with Gasteiger partial charge in [0.25, 0.3) is 0 Å². The van der Waals surface area contributed by atoms with Crippen LogP contribution in [0, 0.1) is 0 Å². The molecule has 1 heterocycles. The number of nitrogens with zero attached hydrogens (tertiary/aromatic N) is 2. The average Bonchev–Trinajstić information content (AvgIpc) is 3.64. The van der Waals surface area contributed by atoms with Gasteiger partial charge in [0.05, 0.1) is 16.8 Å². The Hall–Kier alpha value is -6.38. The molecule has 2 heteroatoms. The lowest BCUT2D eigenvalue weighted by Gasteiger charge is -2.36. The van der Waals surface area contributed by atoms with E-state index in [9.17, 15) is 0 Å². The van der Waals surface area contributed by atoms with Crippen molar-refractivity contribution < 1.29 is 0 Å². The summed E-state index contributed by atoms with van der Waals surface area (Å²) in [6.07, 6.45) is 0. The van der Waals surface area contributed by atoms with Gasteiger partial charge in [-0.3, -0.25) is 0 Å². The molecule has 0 saturated heterocycles. The summed E-state index contributed by atoms with van der Waals surface area (Å²) in [7, 11) is 0. The van der Waals surface area contributed by atoms with Gasteiger partial charge in [-0.25, -0.2) is 9.97 Å². The van der Waals surface area contributed by atoms with Crippen LogP contribution in [0.5, 0.6) is 0 Å². The molecule has 0 saturated carbocycles. The summed E-state index contributed by atoms with van der Waals surface area (Å²) in [6.45, 7) is 4.74. The molecular formula is C50H36N2. The van der Waals surface area contributed by atoms with Gasteiger partial charge >= 0.3 is 0 Å². The third-order valence-electron chi connectivity index (χ3n) is 11.4. The van der Waals surface area contributed by atoms with Crippen LogP contribution in [0.3, 0.4) is 0 Å². The van der Waals surface area contributed by atoms with E-state index in [1.165, 1.54) is 55.6 Å². The maximum absolute atomic E-state index is 5.26. The number of rotatable bonds is 5. The first kappa shape index (κ1) is 30.4. The van der Waals surface area contributed by atoms with Crippen molar-refractivity contribution in [3.63, 3.8) is 0 Å².